The molecule has 0 atom stereocenters. The summed E-state index contributed by atoms with van der Waals surface area (Å²) in [7, 11) is 0. The number of anilines is 2. The zero-order valence-corrected chi connectivity index (χ0v) is 17.8. The molecule has 0 radical (unpaired) electrons. The number of hydrogen-bond donors (Lipinski definition) is 1. The normalized spacial score (nSPS) is 10.4. The Labute approximate surface area is 182 Å². The summed E-state index contributed by atoms with van der Waals surface area (Å²) in [4.78, 5) is 8.61. The number of nitrogens with zero attached hydrogens (tertiary/aromatic N) is 2. The molecule has 0 saturated heterocycles. The number of aromatic nitrogens is 2. The van der Waals surface area contributed by atoms with E-state index in [1.165, 1.54) is 0 Å². The van der Waals surface area contributed by atoms with Gasteiger partial charge in [0.05, 0.1) is 10.5 Å². The van der Waals surface area contributed by atoms with E-state index in [1.54, 1.807) is 6.33 Å². The molecule has 0 fully saturated rings. The number of fused-ring (bicyclic) bond motifs is 1. The highest BCUT2D eigenvalue weighted by Gasteiger charge is 2.08. The van der Waals surface area contributed by atoms with Gasteiger partial charge in [0.2, 0.25) is 0 Å². The van der Waals surface area contributed by atoms with Crippen molar-refractivity contribution in [3.05, 3.63) is 88.1 Å². The van der Waals surface area contributed by atoms with Crippen LogP contribution < -0.4 is 10.1 Å². The molecule has 0 amide bonds. The Kier molecular flexibility index (Phi) is 6.73. The van der Waals surface area contributed by atoms with Crippen molar-refractivity contribution in [3.8, 4) is 5.75 Å². The predicted molar refractivity (Wildman–Crippen MR) is 120 cm³/mol. The first-order chi connectivity index (χ1) is 13.2. The van der Waals surface area contributed by atoms with Crippen LogP contribution in [-0.2, 0) is 6.61 Å². The molecule has 0 saturated carbocycles. The van der Waals surface area contributed by atoms with Gasteiger partial charge in [0.15, 0.2) is 0 Å². The van der Waals surface area contributed by atoms with Gasteiger partial charge in [0.25, 0.3) is 0 Å². The van der Waals surface area contributed by atoms with Crippen molar-refractivity contribution in [2.45, 2.75) is 6.61 Å². The average Bonchev–Trinajstić information content (AvgIpc) is 2.69. The highest BCUT2D eigenvalue weighted by molar-refractivity contribution is 9.10. The molecule has 7 heteroatoms. The maximum absolute atomic E-state index is 6.41. The Morgan fingerprint density at radius 3 is 2.57 bits per heavy atom. The maximum Gasteiger partial charge on any atom is 0.141 e. The molecule has 0 aliphatic rings. The van der Waals surface area contributed by atoms with E-state index in [0.717, 1.165) is 32.4 Å². The van der Waals surface area contributed by atoms with Crippen molar-refractivity contribution in [1.29, 1.82) is 0 Å². The highest BCUT2D eigenvalue weighted by atomic mass is 79.9. The lowest BCUT2D eigenvalue weighted by Gasteiger charge is -2.12. The second-order valence-electron chi connectivity index (χ2n) is 5.89. The Morgan fingerprint density at radius 2 is 1.75 bits per heavy atom. The molecule has 0 spiro atoms. The summed E-state index contributed by atoms with van der Waals surface area (Å²) >= 11 is 9.93. The molecule has 4 rings (SSSR count). The van der Waals surface area contributed by atoms with Gasteiger partial charge in [-0.2, -0.15) is 0 Å². The summed E-state index contributed by atoms with van der Waals surface area (Å²) in [5, 5.41) is 4.78. The maximum atomic E-state index is 6.41. The fourth-order valence-corrected chi connectivity index (χ4v) is 3.34. The second-order valence-corrected chi connectivity index (χ2v) is 7.15. The number of ether oxygens (including phenoxy) is 1. The van der Waals surface area contributed by atoms with E-state index in [-0.39, 0.29) is 12.4 Å². The molecule has 4 nitrogen and oxygen atoms in total. The van der Waals surface area contributed by atoms with Crippen LogP contribution in [0, 0.1) is 0 Å². The number of halogens is 3. The summed E-state index contributed by atoms with van der Waals surface area (Å²) < 4.78 is 6.87. The van der Waals surface area contributed by atoms with Gasteiger partial charge in [-0.05, 0) is 36.4 Å². The Bertz CT molecular complexity index is 1100. The molecule has 1 heterocycles. The number of benzene rings is 3. The molecule has 0 aliphatic carbocycles. The Hall–Kier alpha value is -2.34. The first-order valence-electron chi connectivity index (χ1n) is 8.33. The molecule has 0 unspecified atom stereocenters. The zero-order valence-electron chi connectivity index (χ0n) is 14.6. The molecular formula is C21H16BrCl2N3O. The van der Waals surface area contributed by atoms with E-state index in [4.69, 9.17) is 16.3 Å². The summed E-state index contributed by atoms with van der Waals surface area (Å²) in [5.74, 6) is 1.36. The van der Waals surface area contributed by atoms with Gasteiger partial charge in [-0.25, -0.2) is 9.97 Å². The van der Waals surface area contributed by atoms with Gasteiger partial charge in [-0.3, -0.25) is 0 Å². The molecular weight excluding hydrogens is 461 g/mol. The lowest BCUT2D eigenvalue weighted by Crippen LogP contribution is -1.98. The van der Waals surface area contributed by atoms with Gasteiger partial charge in [0, 0.05) is 21.1 Å². The van der Waals surface area contributed by atoms with E-state index < -0.39 is 0 Å². The third-order valence-corrected chi connectivity index (χ3v) is 5.15. The fraction of sp³-hybridized carbons (Fsp3) is 0.0476. The van der Waals surface area contributed by atoms with Crippen molar-refractivity contribution in [2.24, 2.45) is 0 Å². The van der Waals surface area contributed by atoms with E-state index in [1.807, 2.05) is 66.7 Å². The number of para-hydroxylation sites is 1. The molecule has 1 N–H and O–H groups in total. The number of hydrogen-bond acceptors (Lipinski definition) is 4. The summed E-state index contributed by atoms with van der Waals surface area (Å²) in [6.45, 7) is 0.435. The van der Waals surface area contributed by atoms with E-state index in [2.05, 4.69) is 31.2 Å². The lowest BCUT2D eigenvalue weighted by atomic mass is 10.2. The standard InChI is InChI=1S/C21H15BrClN3O.ClH/c22-17-7-3-1-5-14(17)12-27-20-10-9-15(11-18(20)23)26-21-16-6-2-4-8-19(16)24-13-25-21;/h1-11,13H,12H2,(H,24,25,26);1H. The average molecular weight is 477 g/mol. The number of rotatable bonds is 5. The van der Waals surface area contributed by atoms with Gasteiger partial charge >= 0.3 is 0 Å². The monoisotopic (exact) mass is 475 g/mol. The molecule has 142 valence electrons. The largest absolute Gasteiger partial charge is 0.487 e. The molecule has 0 aliphatic heterocycles. The zero-order chi connectivity index (χ0) is 18.6. The van der Waals surface area contributed by atoms with Crippen molar-refractivity contribution in [3.63, 3.8) is 0 Å². The molecule has 0 bridgehead atoms. The summed E-state index contributed by atoms with van der Waals surface area (Å²) in [5.41, 5.74) is 2.77. The van der Waals surface area contributed by atoms with E-state index >= 15 is 0 Å². The lowest BCUT2D eigenvalue weighted by molar-refractivity contribution is 0.305. The van der Waals surface area contributed by atoms with Crippen molar-refractivity contribution in [1.82, 2.24) is 9.97 Å². The van der Waals surface area contributed by atoms with Crippen molar-refractivity contribution < 1.29 is 4.74 Å². The van der Waals surface area contributed by atoms with Crippen LogP contribution in [0.3, 0.4) is 0 Å². The second kappa shape index (κ2) is 9.24. The van der Waals surface area contributed by atoms with Gasteiger partial charge in [-0.15, -0.1) is 12.4 Å². The van der Waals surface area contributed by atoms with Gasteiger partial charge < -0.3 is 10.1 Å². The van der Waals surface area contributed by atoms with Crippen LogP contribution >= 0.6 is 39.9 Å². The van der Waals surface area contributed by atoms with Crippen LogP contribution in [0.25, 0.3) is 10.9 Å². The van der Waals surface area contributed by atoms with Crippen LogP contribution in [-0.4, -0.2) is 9.97 Å². The first kappa shape index (κ1) is 20.4. The van der Waals surface area contributed by atoms with Crippen LogP contribution in [0.1, 0.15) is 5.56 Å². The Morgan fingerprint density at radius 1 is 0.964 bits per heavy atom. The predicted octanol–water partition coefficient (Wildman–Crippen LogP) is 6.79. The SMILES string of the molecule is Cl.Clc1cc(Nc2ncnc3ccccc23)ccc1OCc1ccccc1Br. The Balaban J connectivity index is 0.00000225. The van der Waals surface area contributed by atoms with Crippen molar-refractivity contribution >= 4 is 62.3 Å². The van der Waals surface area contributed by atoms with Crippen molar-refractivity contribution in [2.75, 3.05) is 5.32 Å². The first-order valence-corrected chi connectivity index (χ1v) is 9.50. The molecule has 4 aromatic rings. The van der Waals surface area contributed by atoms with Gasteiger partial charge in [-0.1, -0.05) is 57.9 Å². The van der Waals surface area contributed by atoms with Crippen LogP contribution in [0.15, 0.2) is 77.5 Å². The molecule has 1 aromatic heterocycles. The topological polar surface area (TPSA) is 47.0 Å². The van der Waals surface area contributed by atoms with Crippen LogP contribution in [0.4, 0.5) is 11.5 Å². The summed E-state index contributed by atoms with van der Waals surface area (Å²) in [6.07, 6.45) is 1.54. The van der Waals surface area contributed by atoms with E-state index in [9.17, 15) is 0 Å². The number of nitrogens with one attached hydrogen (secondary N) is 1. The summed E-state index contributed by atoms with van der Waals surface area (Å²) in [6, 6.07) is 21.4. The van der Waals surface area contributed by atoms with Crippen LogP contribution in [0.2, 0.25) is 5.02 Å². The fourth-order valence-electron chi connectivity index (χ4n) is 2.71. The molecule has 28 heavy (non-hydrogen) atoms. The third-order valence-electron chi connectivity index (χ3n) is 4.08. The quantitative estimate of drug-likeness (QED) is 0.344. The molecule has 3 aromatic carbocycles. The minimum absolute atomic E-state index is 0. The smallest absolute Gasteiger partial charge is 0.141 e. The highest BCUT2D eigenvalue weighted by Crippen LogP contribution is 2.31. The van der Waals surface area contributed by atoms with Crippen LogP contribution in [0.5, 0.6) is 5.75 Å². The van der Waals surface area contributed by atoms with Gasteiger partial charge in [0.1, 0.15) is 24.5 Å². The van der Waals surface area contributed by atoms with E-state index in [0.29, 0.717) is 17.4 Å². The minimum Gasteiger partial charge on any atom is -0.487 e. The minimum atomic E-state index is 0. The third kappa shape index (κ3) is 4.55.